The molecule has 0 saturated carbocycles. The first-order valence-electron chi connectivity index (χ1n) is 6.26. The molecule has 0 amide bonds. The van der Waals surface area contributed by atoms with Gasteiger partial charge < -0.3 is 4.74 Å². The van der Waals surface area contributed by atoms with Crippen LogP contribution in [0.5, 0.6) is 5.75 Å². The summed E-state index contributed by atoms with van der Waals surface area (Å²) in [6.45, 7) is -0.205. The van der Waals surface area contributed by atoms with Crippen molar-refractivity contribution in [1.29, 1.82) is 0 Å². The summed E-state index contributed by atoms with van der Waals surface area (Å²) in [7, 11) is -4.24. The Morgan fingerprint density at radius 3 is 2.22 bits per heavy atom. The lowest BCUT2D eigenvalue weighted by atomic mass is 10.2. The largest absolute Gasteiger partial charge is 0.573 e. The quantitative estimate of drug-likeness (QED) is 0.844. The molecule has 0 aliphatic carbocycles. The minimum Gasteiger partial charge on any atom is -0.404 e. The maximum atomic E-state index is 12.8. The van der Waals surface area contributed by atoms with Gasteiger partial charge in [0.15, 0.2) is 0 Å². The molecule has 124 valence electrons. The zero-order valence-corrected chi connectivity index (χ0v) is 12.3. The number of sulfonamides is 1. The molecule has 23 heavy (non-hydrogen) atoms. The highest BCUT2D eigenvalue weighted by atomic mass is 32.2. The van der Waals surface area contributed by atoms with Gasteiger partial charge in [-0.2, -0.15) is 0 Å². The van der Waals surface area contributed by atoms with Crippen LogP contribution < -0.4 is 9.46 Å². The van der Waals surface area contributed by atoms with E-state index in [1.54, 1.807) is 0 Å². The highest BCUT2D eigenvalue weighted by Crippen LogP contribution is 2.29. The van der Waals surface area contributed by atoms with E-state index in [9.17, 15) is 26.0 Å². The van der Waals surface area contributed by atoms with Crippen molar-refractivity contribution in [3.05, 3.63) is 59.9 Å². The molecule has 4 nitrogen and oxygen atoms in total. The van der Waals surface area contributed by atoms with Gasteiger partial charge in [0, 0.05) is 6.54 Å². The fraction of sp³-hybridized carbons (Fsp3) is 0.143. The van der Waals surface area contributed by atoms with Crippen molar-refractivity contribution in [1.82, 2.24) is 4.72 Å². The van der Waals surface area contributed by atoms with Crippen LogP contribution in [-0.2, 0) is 16.6 Å². The summed E-state index contributed by atoms with van der Waals surface area (Å²) in [6, 6.07) is 9.39. The van der Waals surface area contributed by atoms with E-state index in [0.29, 0.717) is 5.56 Å². The van der Waals surface area contributed by atoms with E-state index in [-0.39, 0.29) is 6.54 Å². The molecule has 0 spiro atoms. The monoisotopic (exact) mass is 349 g/mol. The molecule has 2 aromatic rings. The summed E-state index contributed by atoms with van der Waals surface area (Å²) >= 11 is 0. The lowest BCUT2D eigenvalue weighted by Gasteiger charge is -2.14. The Kier molecular flexibility index (Phi) is 4.90. The average Bonchev–Trinajstić information content (AvgIpc) is 2.45. The zero-order chi connectivity index (χ0) is 17.1. The average molecular weight is 349 g/mol. The van der Waals surface area contributed by atoms with Gasteiger partial charge in [-0.05, 0) is 29.8 Å². The molecule has 0 aliphatic heterocycles. The van der Waals surface area contributed by atoms with Gasteiger partial charge >= 0.3 is 6.36 Å². The van der Waals surface area contributed by atoms with Crippen LogP contribution in [0.25, 0.3) is 0 Å². The first kappa shape index (κ1) is 17.2. The third-order valence-corrected chi connectivity index (χ3v) is 4.18. The molecular weight excluding hydrogens is 338 g/mol. The molecule has 0 fully saturated rings. The zero-order valence-electron chi connectivity index (χ0n) is 11.5. The van der Waals surface area contributed by atoms with Crippen molar-refractivity contribution >= 4 is 10.0 Å². The summed E-state index contributed by atoms with van der Waals surface area (Å²) in [5.41, 5.74) is 0.448. The molecule has 0 radical (unpaired) electrons. The molecular formula is C14H11F4NO3S. The number of nitrogens with one attached hydrogen (secondary N) is 1. The Hall–Kier alpha value is -2.13. The van der Waals surface area contributed by atoms with Crippen LogP contribution in [0, 0.1) is 5.82 Å². The maximum absolute atomic E-state index is 12.8. The minimum absolute atomic E-state index is 0.205. The normalized spacial score (nSPS) is 12.2. The fourth-order valence-corrected chi connectivity index (χ4v) is 2.88. The number of hydrogen-bond acceptors (Lipinski definition) is 3. The summed E-state index contributed by atoms with van der Waals surface area (Å²) in [5.74, 6) is -1.31. The third kappa shape index (κ3) is 4.93. The summed E-state index contributed by atoms with van der Waals surface area (Å²) in [6.07, 6.45) is -5.01. The van der Waals surface area contributed by atoms with Gasteiger partial charge in [-0.15, -0.1) is 13.2 Å². The van der Waals surface area contributed by atoms with Crippen LogP contribution in [0.2, 0.25) is 0 Å². The van der Waals surface area contributed by atoms with Crippen LogP contribution in [0.1, 0.15) is 5.56 Å². The topological polar surface area (TPSA) is 55.4 Å². The standard InChI is InChI=1S/C14H11F4NO3S/c15-11-7-5-10(6-8-11)9-19-23(20,21)13-4-2-1-3-12(13)22-14(16,17)18/h1-8,19H,9H2. The lowest BCUT2D eigenvalue weighted by Crippen LogP contribution is -2.25. The number of rotatable bonds is 5. The van der Waals surface area contributed by atoms with Gasteiger partial charge in [0.1, 0.15) is 16.5 Å². The second-order valence-electron chi connectivity index (χ2n) is 4.45. The Labute approximate surface area is 129 Å². The van der Waals surface area contributed by atoms with Gasteiger partial charge in [-0.25, -0.2) is 17.5 Å². The number of ether oxygens (including phenoxy) is 1. The SMILES string of the molecule is O=S(=O)(NCc1ccc(F)cc1)c1ccccc1OC(F)(F)F. The molecule has 9 heteroatoms. The van der Waals surface area contributed by atoms with Crippen molar-refractivity contribution in [2.45, 2.75) is 17.8 Å². The highest BCUT2D eigenvalue weighted by molar-refractivity contribution is 7.89. The highest BCUT2D eigenvalue weighted by Gasteiger charge is 2.33. The predicted molar refractivity (Wildman–Crippen MR) is 73.6 cm³/mol. The van der Waals surface area contributed by atoms with Gasteiger partial charge in [-0.1, -0.05) is 24.3 Å². The van der Waals surface area contributed by atoms with Crippen molar-refractivity contribution < 1.29 is 30.7 Å². The molecule has 0 heterocycles. The molecule has 0 aliphatic rings. The van der Waals surface area contributed by atoms with Crippen molar-refractivity contribution in [3.8, 4) is 5.75 Å². The first-order chi connectivity index (χ1) is 10.7. The summed E-state index contributed by atoms with van der Waals surface area (Å²) in [4.78, 5) is -0.639. The number of benzene rings is 2. The molecule has 0 atom stereocenters. The molecule has 0 bridgehead atoms. The van der Waals surface area contributed by atoms with Crippen molar-refractivity contribution in [3.63, 3.8) is 0 Å². The predicted octanol–water partition coefficient (Wildman–Crippen LogP) is 3.20. The second kappa shape index (κ2) is 6.55. The molecule has 0 unspecified atom stereocenters. The van der Waals surface area contributed by atoms with Gasteiger partial charge in [-0.3, -0.25) is 0 Å². The summed E-state index contributed by atoms with van der Waals surface area (Å²) < 4.78 is 79.9. The van der Waals surface area contributed by atoms with E-state index in [1.807, 2.05) is 0 Å². The Morgan fingerprint density at radius 2 is 1.61 bits per heavy atom. The van der Waals surface area contributed by atoms with E-state index in [1.165, 1.54) is 24.3 Å². The molecule has 2 rings (SSSR count). The number of para-hydroxylation sites is 1. The van der Waals surface area contributed by atoms with Crippen LogP contribution in [0.3, 0.4) is 0 Å². The van der Waals surface area contributed by atoms with Crippen LogP contribution in [-0.4, -0.2) is 14.8 Å². The smallest absolute Gasteiger partial charge is 0.404 e. The van der Waals surface area contributed by atoms with Crippen LogP contribution in [0.15, 0.2) is 53.4 Å². The number of alkyl halides is 3. The number of hydrogen-bond donors (Lipinski definition) is 1. The van der Waals surface area contributed by atoms with Gasteiger partial charge in [0.05, 0.1) is 0 Å². The van der Waals surface area contributed by atoms with Crippen molar-refractivity contribution in [2.24, 2.45) is 0 Å². The van der Waals surface area contributed by atoms with E-state index in [4.69, 9.17) is 0 Å². The van der Waals surface area contributed by atoms with Crippen LogP contribution in [0.4, 0.5) is 17.6 Å². The second-order valence-corrected chi connectivity index (χ2v) is 6.18. The number of halogens is 4. The van der Waals surface area contributed by atoms with E-state index in [2.05, 4.69) is 9.46 Å². The minimum atomic E-state index is -5.01. The van der Waals surface area contributed by atoms with Crippen molar-refractivity contribution in [2.75, 3.05) is 0 Å². The van der Waals surface area contributed by atoms with E-state index < -0.39 is 32.8 Å². The molecule has 0 aromatic heterocycles. The third-order valence-electron chi connectivity index (χ3n) is 2.74. The maximum Gasteiger partial charge on any atom is 0.573 e. The molecule has 2 aromatic carbocycles. The van der Waals surface area contributed by atoms with Crippen LogP contribution >= 0.6 is 0 Å². The Bertz CT molecular complexity index is 773. The molecule has 1 N–H and O–H groups in total. The van der Waals surface area contributed by atoms with E-state index in [0.717, 1.165) is 24.3 Å². The lowest BCUT2D eigenvalue weighted by molar-refractivity contribution is -0.275. The fourth-order valence-electron chi connectivity index (χ4n) is 1.74. The first-order valence-corrected chi connectivity index (χ1v) is 7.74. The molecule has 0 saturated heterocycles. The van der Waals surface area contributed by atoms with E-state index >= 15 is 0 Å². The van der Waals surface area contributed by atoms with Gasteiger partial charge in [0.25, 0.3) is 0 Å². The Morgan fingerprint density at radius 1 is 1.00 bits per heavy atom. The Balaban J connectivity index is 2.21. The summed E-state index contributed by atoms with van der Waals surface area (Å²) in [5, 5.41) is 0. The van der Waals surface area contributed by atoms with Gasteiger partial charge in [0.2, 0.25) is 10.0 Å².